The third-order valence-electron chi connectivity index (χ3n) is 1.86. The summed E-state index contributed by atoms with van der Waals surface area (Å²) < 4.78 is 12.9. The van der Waals surface area contributed by atoms with Crippen LogP contribution in [-0.2, 0) is 0 Å². The van der Waals surface area contributed by atoms with Crippen molar-refractivity contribution in [2.45, 2.75) is 11.8 Å². The van der Waals surface area contributed by atoms with Crippen LogP contribution in [0.1, 0.15) is 5.01 Å². The number of nitrogens with zero attached hydrogens (tertiary/aromatic N) is 1. The van der Waals surface area contributed by atoms with E-state index in [2.05, 4.69) is 17.6 Å². The molecule has 1 aromatic carbocycles. The normalized spacial score (nSPS) is 10.5. The van der Waals surface area contributed by atoms with Gasteiger partial charge in [0.1, 0.15) is 5.82 Å². The standard InChI is InChI=1S/C10H8FNS2/c1-6-12-9(5-14-6)7-2-3-8(11)10(13)4-7/h2-5,13H,1H3. The molecule has 0 unspecified atom stereocenters. The zero-order valence-electron chi connectivity index (χ0n) is 7.49. The molecular weight excluding hydrogens is 217 g/mol. The average Bonchev–Trinajstić information content (AvgIpc) is 2.57. The molecule has 0 saturated heterocycles. The molecule has 0 N–H and O–H groups in total. The Labute approximate surface area is 91.0 Å². The summed E-state index contributed by atoms with van der Waals surface area (Å²) in [4.78, 5) is 4.67. The minimum Gasteiger partial charge on any atom is -0.242 e. The van der Waals surface area contributed by atoms with Gasteiger partial charge in [-0.25, -0.2) is 9.37 Å². The van der Waals surface area contributed by atoms with Crippen LogP contribution in [0.15, 0.2) is 28.5 Å². The highest BCUT2D eigenvalue weighted by atomic mass is 32.1. The highest BCUT2D eigenvalue weighted by Crippen LogP contribution is 2.24. The quantitative estimate of drug-likeness (QED) is 0.732. The highest BCUT2D eigenvalue weighted by molar-refractivity contribution is 7.80. The van der Waals surface area contributed by atoms with Crippen molar-refractivity contribution < 1.29 is 4.39 Å². The highest BCUT2D eigenvalue weighted by Gasteiger charge is 2.04. The molecule has 4 heteroatoms. The molecule has 0 bridgehead atoms. The number of thiol groups is 1. The lowest BCUT2D eigenvalue weighted by Gasteiger charge is -1.98. The first-order chi connectivity index (χ1) is 6.66. The van der Waals surface area contributed by atoms with Gasteiger partial charge in [-0.3, -0.25) is 0 Å². The minimum absolute atomic E-state index is 0.302. The van der Waals surface area contributed by atoms with Crippen molar-refractivity contribution in [3.8, 4) is 11.3 Å². The van der Waals surface area contributed by atoms with Crippen LogP contribution in [0.4, 0.5) is 4.39 Å². The second-order valence-electron chi connectivity index (χ2n) is 2.92. The molecule has 2 aromatic rings. The second-order valence-corrected chi connectivity index (χ2v) is 4.46. The lowest BCUT2D eigenvalue weighted by molar-refractivity contribution is 0.603. The molecule has 0 aliphatic heterocycles. The monoisotopic (exact) mass is 225 g/mol. The van der Waals surface area contributed by atoms with Gasteiger partial charge in [0, 0.05) is 15.8 Å². The summed E-state index contributed by atoms with van der Waals surface area (Å²) in [7, 11) is 0. The Morgan fingerprint density at radius 1 is 1.43 bits per heavy atom. The smallest absolute Gasteiger partial charge is 0.136 e. The summed E-state index contributed by atoms with van der Waals surface area (Å²) in [5, 5.41) is 2.96. The van der Waals surface area contributed by atoms with E-state index in [4.69, 9.17) is 0 Å². The minimum atomic E-state index is -0.302. The van der Waals surface area contributed by atoms with Crippen LogP contribution in [0, 0.1) is 12.7 Å². The predicted molar refractivity (Wildman–Crippen MR) is 59.5 cm³/mol. The Bertz CT molecular complexity index is 465. The van der Waals surface area contributed by atoms with Gasteiger partial charge in [-0.05, 0) is 25.1 Å². The van der Waals surface area contributed by atoms with E-state index in [1.54, 1.807) is 23.5 Å². The van der Waals surface area contributed by atoms with Crippen LogP contribution < -0.4 is 0 Å². The lowest BCUT2D eigenvalue weighted by Crippen LogP contribution is -1.82. The van der Waals surface area contributed by atoms with Gasteiger partial charge in [-0.15, -0.1) is 24.0 Å². The molecular formula is C10H8FNS2. The molecule has 0 radical (unpaired) electrons. The zero-order chi connectivity index (χ0) is 10.1. The van der Waals surface area contributed by atoms with E-state index in [1.807, 2.05) is 12.3 Å². The van der Waals surface area contributed by atoms with Crippen LogP contribution in [0.25, 0.3) is 11.3 Å². The lowest BCUT2D eigenvalue weighted by atomic mass is 10.2. The van der Waals surface area contributed by atoms with Gasteiger partial charge in [0.25, 0.3) is 0 Å². The van der Waals surface area contributed by atoms with Gasteiger partial charge in [-0.2, -0.15) is 0 Å². The number of aromatic nitrogens is 1. The third-order valence-corrected chi connectivity index (χ3v) is 2.98. The number of hydrogen-bond acceptors (Lipinski definition) is 3. The molecule has 1 aromatic heterocycles. The van der Waals surface area contributed by atoms with E-state index < -0.39 is 0 Å². The van der Waals surface area contributed by atoms with Gasteiger partial charge in [0.15, 0.2) is 0 Å². The average molecular weight is 225 g/mol. The van der Waals surface area contributed by atoms with Crippen LogP contribution in [-0.4, -0.2) is 4.98 Å². The summed E-state index contributed by atoms with van der Waals surface area (Å²) in [6.45, 7) is 1.94. The van der Waals surface area contributed by atoms with Gasteiger partial charge in [0.05, 0.1) is 10.7 Å². The van der Waals surface area contributed by atoms with Gasteiger partial charge >= 0.3 is 0 Å². The zero-order valence-corrected chi connectivity index (χ0v) is 9.20. The Morgan fingerprint density at radius 2 is 2.21 bits per heavy atom. The second kappa shape index (κ2) is 3.71. The molecule has 2 rings (SSSR count). The van der Waals surface area contributed by atoms with Gasteiger partial charge in [0.2, 0.25) is 0 Å². The number of rotatable bonds is 1. The van der Waals surface area contributed by atoms with E-state index in [9.17, 15) is 4.39 Å². The van der Waals surface area contributed by atoms with E-state index in [0.29, 0.717) is 4.90 Å². The summed E-state index contributed by atoms with van der Waals surface area (Å²) in [6.07, 6.45) is 0. The molecule has 0 saturated carbocycles. The van der Waals surface area contributed by atoms with Crippen LogP contribution in [0.2, 0.25) is 0 Å². The fourth-order valence-electron chi connectivity index (χ4n) is 1.17. The maximum absolute atomic E-state index is 12.9. The number of halogens is 1. The van der Waals surface area contributed by atoms with Crippen LogP contribution >= 0.6 is 24.0 Å². The molecule has 0 fully saturated rings. The third kappa shape index (κ3) is 1.81. The fourth-order valence-corrected chi connectivity index (χ4v) is 2.00. The molecule has 14 heavy (non-hydrogen) atoms. The first kappa shape index (κ1) is 9.68. The molecule has 1 nitrogen and oxygen atoms in total. The van der Waals surface area contributed by atoms with E-state index in [1.165, 1.54) is 6.07 Å². The first-order valence-electron chi connectivity index (χ1n) is 4.08. The Morgan fingerprint density at radius 3 is 2.79 bits per heavy atom. The molecule has 0 aliphatic rings. The maximum Gasteiger partial charge on any atom is 0.136 e. The SMILES string of the molecule is Cc1nc(-c2ccc(F)c(S)c2)cs1. The van der Waals surface area contributed by atoms with E-state index >= 15 is 0 Å². The fraction of sp³-hybridized carbons (Fsp3) is 0.100. The Balaban J connectivity index is 2.47. The number of benzene rings is 1. The number of aryl methyl sites for hydroxylation is 1. The van der Waals surface area contributed by atoms with Crippen molar-refractivity contribution in [3.05, 3.63) is 34.4 Å². The molecule has 0 spiro atoms. The van der Waals surface area contributed by atoms with Crippen LogP contribution in [0.5, 0.6) is 0 Å². The van der Waals surface area contributed by atoms with Crippen molar-refractivity contribution >= 4 is 24.0 Å². The van der Waals surface area contributed by atoms with Crippen molar-refractivity contribution in [2.24, 2.45) is 0 Å². The molecule has 0 amide bonds. The summed E-state index contributed by atoms with van der Waals surface area (Å²) in [5.74, 6) is -0.302. The maximum atomic E-state index is 12.9. The topological polar surface area (TPSA) is 12.9 Å². The van der Waals surface area contributed by atoms with E-state index in [-0.39, 0.29) is 5.82 Å². The number of thiazole rings is 1. The molecule has 0 aliphatic carbocycles. The molecule has 72 valence electrons. The Kier molecular flexibility index (Phi) is 2.56. The first-order valence-corrected chi connectivity index (χ1v) is 5.40. The molecule has 1 heterocycles. The van der Waals surface area contributed by atoms with Crippen LogP contribution in [0.3, 0.4) is 0 Å². The van der Waals surface area contributed by atoms with E-state index in [0.717, 1.165) is 16.3 Å². The van der Waals surface area contributed by atoms with Gasteiger partial charge in [-0.1, -0.05) is 0 Å². The summed E-state index contributed by atoms with van der Waals surface area (Å²) in [5.41, 5.74) is 1.78. The summed E-state index contributed by atoms with van der Waals surface area (Å²) >= 11 is 5.60. The largest absolute Gasteiger partial charge is 0.242 e. The number of hydrogen-bond donors (Lipinski definition) is 1. The predicted octanol–water partition coefficient (Wildman–Crippen LogP) is 3.55. The van der Waals surface area contributed by atoms with Crippen molar-refractivity contribution in [2.75, 3.05) is 0 Å². The Hall–Kier alpha value is -0.870. The van der Waals surface area contributed by atoms with Gasteiger partial charge < -0.3 is 0 Å². The summed E-state index contributed by atoms with van der Waals surface area (Å²) in [6, 6.07) is 4.81. The van der Waals surface area contributed by atoms with Crippen molar-refractivity contribution in [1.29, 1.82) is 0 Å². The van der Waals surface area contributed by atoms with Crippen molar-refractivity contribution in [3.63, 3.8) is 0 Å². The molecule has 0 atom stereocenters. The van der Waals surface area contributed by atoms with Crippen molar-refractivity contribution in [1.82, 2.24) is 4.98 Å².